The van der Waals surface area contributed by atoms with Crippen molar-refractivity contribution in [3.8, 4) is 11.8 Å². The van der Waals surface area contributed by atoms with Crippen molar-refractivity contribution in [2.45, 2.75) is 26.2 Å². The molecule has 0 saturated heterocycles. The largest absolute Gasteiger partial charge is 0.427 e. The summed E-state index contributed by atoms with van der Waals surface area (Å²) in [6.45, 7) is 2.04. The van der Waals surface area contributed by atoms with E-state index >= 15 is 0 Å². The van der Waals surface area contributed by atoms with E-state index in [0.29, 0.717) is 17.7 Å². The van der Waals surface area contributed by atoms with Crippen LogP contribution in [0, 0.1) is 11.3 Å². The van der Waals surface area contributed by atoms with Gasteiger partial charge in [-0.2, -0.15) is 5.26 Å². The van der Waals surface area contributed by atoms with Gasteiger partial charge in [-0.05, 0) is 48.4 Å². The molecule has 0 radical (unpaired) electrons. The lowest BCUT2D eigenvalue weighted by Crippen LogP contribution is -2.06. The number of ether oxygens (including phenoxy) is 1. The summed E-state index contributed by atoms with van der Waals surface area (Å²) in [5, 5.41) is 8.75. The van der Waals surface area contributed by atoms with Crippen molar-refractivity contribution in [3.63, 3.8) is 0 Å². The molecule has 0 N–H and O–H groups in total. The van der Waals surface area contributed by atoms with Gasteiger partial charge >= 0.3 is 5.97 Å². The van der Waals surface area contributed by atoms with Crippen LogP contribution in [-0.4, -0.2) is 12.2 Å². The van der Waals surface area contributed by atoms with Crippen molar-refractivity contribution >= 4 is 17.9 Å². The van der Waals surface area contributed by atoms with E-state index in [4.69, 9.17) is 10.00 Å². The maximum atomic E-state index is 11.5. The fraction of sp³-hybridized carbons (Fsp3) is 0.211. The predicted molar refractivity (Wildman–Crippen MR) is 90.0 cm³/mol. The number of nitrogens with zero attached hydrogens (tertiary/aromatic N) is 2. The van der Waals surface area contributed by atoms with Crippen LogP contribution in [0.5, 0.6) is 5.75 Å². The quantitative estimate of drug-likeness (QED) is 0.451. The first kappa shape index (κ1) is 16.4. The summed E-state index contributed by atoms with van der Waals surface area (Å²) in [7, 11) is 0. The van der Waals surface area contributed by atoms with E-state index in [9.17, 15) is 4.79 Å². The molecular weight excluding hydrogens is 288 g/mol. The summed E-state index contributed by atoms with van der Waals surface area (Å²) in [5.41, 5.74) is 2.30. The van der Waals surface area contributed by atoms with Gasteiger partial charge in [-0.3, -0.25) is 9.79 Å². The molecule has 116 valence electrons. The van der Waals surface area contributed by atoms with Gasteiger partial charge in [0.25, 0.3) is 0 Å². The molecule has 0 saturated carbocycles. The van der Waals surface area contributed by atoms with Gasteiger partial charge in [0.2, 0.25) is 0 Å². The van der Waals surface area contributed by atoms with Crippen molar-refractivity contribution in [1.82, 2.24) is 0 Å². The molecule has 0 unspecified atom stereocenters. The van der Waals surface area contributed by atoms with Crippen molar-refractivity contribution < 1.29 is 9.53 Å². The fourth-order valence-corrected chi connectivity index (χ4v) is 1.90. The summed E-state index contributed by atoms with van der Waals surface area (Å²) in [6, 6.07) is 16.3. The van der Waals surface area contributed by atoms with Gasteiger partial charge in [-0.15, -0.1) is 0 Å². The van der Waals surface area contributed by atoms with Crippen molar-refractivity contribution in [3.05, 3.63) is 59.7 Å². The average molecular weight is 306 g/mol. The SMILES string of the molecule is CCCCC(=O)Oc1ccc(N=Cc2ccc(C#N)cc2)cc1. The van der Waals surface area contributed by atoms with Crippen LogP contribution in [0.15, 0.2) is 53.5 Å². The average Bonchev–Trinajstić information content (AvgIpc) is 2.60. The monoisotopic (exact) mass is 306 g/mol. The molecule has 0 aliphatic rings. The standard InChI is InChI=1S/C19H18N2O2/c1-2-3-4-19(22)23-18-11-9-17(10-12-18)21-14-16-7-5-15(13-20)6-8-16/h5-12,14H,2-4H2,1H3. The van der Waals surface area contributed by atoms with Gasteiger partial charge in [0.1, 0.15) is 5.75 Å². The Kier molecular flexibility index (Phi) is 6.07. The molecule has 0 aromatic heterocycles. The van der Waals surface area contributed by atoms with Gasteiger partial charge in [0.15, 0.2) is 0 Å². The highest BCUT2D eigenvalue weighted by Gasteiger charge is 2.03. The predicted octanol–water partition coefficient (Wildman–Crippen LogP) is 4.40. The van der Waals surface area contributed by atoms with Crippen molar-refractivity contribution in [2.75, 3.05) is 0 Å². The van der Waals surface area contributed by atoms with Crippen LogP contribution in [0.4, 0.5) is 5.69 Å². The van der Waals surface area contributed by atoms with Gasteiger partial charge in [-0.25, -0.2) is 0 Å². The molecular formula is C19H18N2O2. The zero-order chi connectivity index (χ0) is 16.5. The number of rotatable bonds is 6. The van der Waals surface area contributed by atoms with Crippen LogP contribution in [0.1, 0.15) is 37.3 Å². The Morgan fingerprint density at radius 1 is 1.17 bits per heavy atom. The smallest absolute Gasteiger partial charge is 0.311 e. The zero-order valence-corrected chi connectivity index (χ0v) is 13.0. The molecule has 0 atom stereocenters. The minimum atomic E-state index is -0.208. The highest BCUT2D eigenvalue weighted by Crippen LogP contribution is 2.19. The number of aliphatic imine (C=N–C) groups is 1. The number of hydrogen-bond donors (Lipinski definition) is 0. The Morgan fingerprint density at radius 3 is 2.48 bits per heavy atom. The first-order valence-corrected chi connectivity index (χ1v) is 7.56. The maximum absolute atomic E-state index is 11.5. The third kappa shape index (κ3) is 5.40. The van der Waals surface area contributed by atoms with Crippen molar-refractivity contribution in [2.24, 2.45) is 4.99 Å². The van der Waals surface area contributed by atoms with Crippen LogP contribution in [0.3, 0.4) is 0 Å². The molecule has 2 aromatic carbocycles. The van der Waals surface area contributed by atoms with Crippen LogP contribution in [0.25, 0.3) is 0 Å². The lowest BCUT2D eigenvalue weighted by molar-refractivity contribution is -0.134. The number of nitriles is 1. The van der Waals surface area contributed by atoms with Gasteiger partial charge < -0.3 is 4.74 Å². The maximum Gasteiger partial charge on any atom is 0.311 e. The molecule has 0 spiro atoms. The van der Waals surface area contributed by atoms with E-state index in [-0.39, 0.29) is 5.97 Å². The molecule has 23 heavy (non-hydrogen) atoms. The van der Waals surface area contributed by atoms with E-state index in [1.807, 2.05) is 19.1 Å². The number of carbonyl (C=O) groups is 1. The topological polar surface area (TPSA) is 62.4 Å². The Labute approximate surface area is 136 Å². The van der Waals surface area contributed by atoms with Crippen LogP contribution >= 0.6 is 0 Å². The summed E-state index contributed by atoms with van der Waals surface area (Å²) in [4.78, 5) is 15.9. The lowest BCUT2D eigenvalue weighted by atomic mass is 10.2. The number of carbonyl (C=O) groups excluding carboxylic acids is 1. The van der Waals surface area contributed by atoms with E-state index in [1.165, 1.54) is 0 Å². The molecule has 0 aliphatic heterocycles. The van der Waals surface area contributed by atoms with Crippen LogP contribution in [0.2, 0.25) is 0 Å². The van der Waals surface area contributed by atoms with Crippen LogP contribution < -0.4 is 4.74 Å². The second-order valence-electron chi connectivity index (χ2n) is 5.06. The third-order valence-corrected chi connectivity index (χ3v) is 3.21. The zero-order valence-electron chi connectivity index (χ0n) is 13.0. The summed E-state index contributed by atoms with van der Waals surface area (Å²) in [6.07, 6.45) is 3.97. The Bertz CT molecular complexity index is 711. The van der Waals surface area contributed by atoms with E-state index in [1.54, 1.807) is 42.6 Å². The fourth-order valence-electron chi connectivity index (χ4n) is 1.90. The van der Waals surface area contributed by atoms with Gasteiger partial charge in [0.05, 0.1) is 17.3 Å². The Balaban J connectivity index is 1.95. The van der Waals surface area contributed by atoms with E-state index in [0.717, 1.165) is 24.1 Å². The molecule has 2 aromatic rings. The summed E-state index contributed by atoms with van der Waals surface area (Å²) in [5.74, 6) is 0.323. The first-order chi connectivity index (χ1) is 11.2. The first-order valence-electron chi connectivity index (χ1n) is 7.56. The molecule has 2 rings (SSSR count). The molecule has 0 amide bonds. The second kappa shape index (κ2) is 8.50. The number of benzene rings is 2. The summed E-state index contributed by atoms with van der Waals surface area (Å²) < 4.78 is 5.24. The van der Waals surface area contributed by atoms with E-state index < -0.39 is 0 Å². The number of unbranched alkanes of at least 4 members (excludes halogenated alkanes) is 1. The normalized spacial score (nSPS) is 10.4. The van der Waals surface area contributed by atoms with Gasteiger partial charge in [-0.1, -0.05) is 25.5 Å². The highest BCUT2D eigenvalue weighted by atomic mass is 16.5. The van der Waals surface area contributed by atoms with Crippen molar-refractivity contribution in [1.29, 1.82) is 5.26 Å². The Morgan fingerprint density at radius 2 is 1.87 bits per heavy atom. The second-order valence-corrected chi connectivity index (χ2v) is 5.06. The molecule has 0 aliphatic carbocycles. The minimum absolute atomic E-state index is 0.208. The van der Waals surface area contributed by atoms with Crippen LogP contribution in [-0.2, 0) is 4.79 Å². The molecule has 4 heteroatoms. The van der Waals surface area contributed by atoms with Gasteiger partial charge in [0, 0.05) is 12.6 Å². The molecule has 0 fully saturated rings. The van der Waals surface area contributed by atoms with E-state index in [2.05, 4.69) is 11.1 Å². The molecule has 0 heterocycles. The highest BCUT2D eigenvalue weighted by molar-refractivity contribution is 5.82. The minimum Gasteiger partial charge on any atom is -0.427 e. The Hall–Kier alpha value is -2.93. The molecule has 4 nitrogen and oxygen atoms in total. The lowest BCUT2D eigenvalue weighted by Gasteiger charge is -2.03. The number of hydrogen-bond acceptors (Lipinski definition) is 4. The number of esters is 1. The third-order valence-electron chi connectivity index (χ3n) is 3.21. The molecule has 0 bridgehead atoms. The summed E-state index contributed by atoms with van der Waals surface area (Å²) >= 11 is 0.